The Kier molecular flexibility index (Phi) is 3.30. The van der Waals surface area contributed by atoms with Gasteiger partial charge in [0.2, 0.25) is 0 Å². The van der Waals surface area contributed by atoms with Gasteiger partial charge in [0.1, 0.15) is 17.4 Å². The Bertz CT molecular complexity index is 465. The molecule has 0 N–H and O–H groups in total. The molecule has 1 fully saturated rings. The molecule has 0 saturated carbocycles. The predicted molar refractivity (Wildman–Crippen MR) is 69.9 cm³/mol. The second kappa shape index (κ2) is 4.58. The summed E-state index contributed by atoms with van der Waals surface area (Å²) in [5, 5.41) is 9.04. The first kappa shape index (κ1) is 12.3. The zero-order valence-electron chi connectivity index (χ0n) is 10.0. The highest BCUT2D eigenvalue weighted by molar-refractivity contribution is 8.00. The lowest BCUT2D eigenvalue weighted by molar-refractivity contribution is 0.616. The van der Waals surface area contributed by atoms with Crippen molar-refractivity contribution in [3.05, 3.63) is 29.6 Å². The average Bonchev–Trinajstić information content (AvgIpc) is 2.27. The number of halogens is 1. The Hall–Kier alpha value is -1.21. The lowest BCUT2D eigenvalue weighted by Crippen LogP contribution is -2.43. The van der Waals surface area contributed by atoms with Crippen molar-refractivity contribution in [1.82, 2.24) is 0 Å². The van der Waals surface area contributed by atoms with Crippen LogP contribution in [0.5, 0.6) is 0 Å². The molecular formula is C13H15FN2S. The van der Waals surface area contributed by atoms with E-state index in [1.165, 1.54) is 6.07 Å². The first-order valence-corrected chi connectivity index (χ1v) is 6.59. The highest BCUT2D eigenvalue weighted by Crippen LogP contribution is 2.33. The van der Waals surface area contributed by atoms with Crippen LogP contribution in [0.4, 0.5) is 10.1 Å². The van der Waals surface area contributed by atoms with Crippen molar-refractivity contribution < 1.29 is 4.39 Å². The second-order valence-corrected chi connectivity index (χ2v) is 6.58. The molecule has 1 aromatic rings. The number of hydrogen-bond acceptors (Lipinski definition) is 3. The Labute approximate surface area is 105 Å². The molecule has 0 spiro atoms. The zero-order valence-corrected chi connectivity index (χ0v) is 10.9. The summed E-state index contributed by atoms with van der Waals surface area (Å²) in [5.41, 5.74) is 0.885. The van der Waals surface area contributed by atoms with Crippen LogP contribution in [0.3, 0.4) is 0 Å². The molecule has 0 radical (unpaired) electrons. The molecule has 0 aromatic heterocycles. The maximum atomic E-state index is 13.5. The minimum Gasteiger partial charge on any atom is -0.368 e. The van der Waals surface area contributed by atoms with Crippen molar-refractivity contribution in [1.29, 1.82) is 5.26 Å². The van der Waals surface area contributed by atoms with Gasteiger partial charge in [-0.2, -0.15) is 17.0 Å². The quantitative estimate of drug-likeness (QED) is 0.766. The molecule has 1 aliphatic heterocycles. The van der Waals surface area contributed by atoms with Gasteiger partial charge in [-0.15, -0.1) is 0 Å². The number of benzene rings is 1. The van der Waals surface area contributed by atoms with Gasteiger partial charge >= 0.3 is 0 Å². The maximum absolute atomic E-state index is 13.5. The monoisotopic (exact) mass is 250 g/mol. The van der Waals surface area contributed by atoms with Crippen LogP contribution in [-0.4, -0.2) is 23.6 Å². The van der Waals surface area contributed by atoms with Gasteiger partial charge in [-0.1, -0.05) is 6.07 Å². The lowest BCUT2D eigenvalue weighted by Gasteiger charge is -2.39. The molecule has 4 heteroatoms. The summed E-state index contributed by atoms with van der Waals surface area (Å²) in [6.07, 6.45) is 0. The normalized spacial score (nSPS) is 18.8. The van der Waals surface area contributed by atoms with Gasteiger partial charge in [0.25, 0.3) is 0 Å². The fourth-order valence-electron chi connectivity index (χ4n) is 2.11. The van der Waals surface area contributed by atoms with Crippen LogP contribution in [0.15, 0.2) is 18.2 Å². The number of nitrogens with zero attached hydrogens (tertiary/aromatic N) is 2. The Morgan fingerprint density at radius 2 is 2.24 bits per heavy atom. The van der Waals surface area contributed by atoms with E-state index >= 15 is 0 Å². The number of hydrogen-bond donors (Lipinski definition) is 0. The smallest absolute Gasteiger partial charge is 0.143 e. The number of nitriles is 1. The third-order valence-electron chi connectivity index (χ3n) is 2.87. The molecule has 0 atom stereocenters. The van der Waals surface area contributed by atoms with E-state index < -0.39 is 5.82 Å². The molecule has 90 valence electrons. The van der Waals surface area contributed by atoms with E-state index in [0.29, 0.717) is 0 Å². The number of thioether (sulfide) groups is 1. The van der Waals surface area contributed by atoms with Crippen molar-refractivity contribution in [2.45, 2.75) is 18.6 Å². The molecule has 0 unspecified atom stereocenters. The van der Waals surface area contributed by atoms with Crippen molar-refractivity contribution in [3.63, 3.8) is 0 Å². The predicted octanol–water partition coefficient (Wildman–Crippen LogP) is 3.03. The molecule has 0 amide bonds. The van der Waals surface area contributed by atoms with Crippen molar-refractivity contribution in [3.8, 4) is 6.07 Å². The van der Waals surface area contributed by atoms with Crippen LogP contribution in [0.1, 0.15) is 19.4 Å². The third-order valence-corrected chi connectivity index (χ3v) is 4.17. The summed E-state index contributed by atoms with van der Waals surface area (Å²) in [6, 6.07) is 6.80. The minimum atomic E-state index is -0.430. The molecule has 1 saturated heterocycles. The van der Waals surface area contributed by atoms with Crippen LogP contribution in [0.2, 0.25) is 0 Å². The van der Waals surface area contributed by atoms with Gasteiger partial charge < -0.3 is 4.90 Å². The summed E-state index contributed by atoms with van der Waals surface area (Å²) in [6.45, 7) is 6.06. The van der Waals surface area contributed by atoms with Crippen LogP contribution < -0.4 is 4.90 Å². The molecule has 1 aliphatic rings. The molecular weight excluding hydrogens is 235 g/mol. The maximum Gasteiger partial charge on any atom is 0.143 e. The van der Waals surface area contributed by atoms with Gasteiger partial charge in [-0.25, -0.2) is 4.39 Å². The SMILES string of the molecule is CC1(C)CN(c2cccc(F)c2C#N)CCS1. The Morgan fingerprint density at radius 3 is 2.88 bits per heavy atom. The van der Waals surface area contributed by atoms with Crippen LogP contribution in [-0.2, 0) is 0 Å². The van der Waals surface area contributed by atoms with E-state index in [1.54, 1.807) is 6.07 Å². The topological polar surface area (TPSA) is 27.0 Å². The van der Waals surface area contributed by atoms with Crippen LogP contribution in [0.25, 0.3) is 0 Å². The number of anilines is 1. The summed E-state index contributed by atoms with van der Waals surface area (Å²) in [5.74, 6) is 0.579. The van der Waals surface area contributed by atoms with Gasteiger partial charge in [-0.3, -0.25) is 0 Å². The molecule has 2 rings (SSSR count). The summed E-state index contributed by atoms with van der Waals surface area (Å²) < 4.78 is 13.7. The molecule has 17 heavy (non-hydrogen) atoms. The minimum absolute atomic E-state index is 0.150. The highest BCUT2D eigenvalue weighted by Gasteiger charge is 2.28. The second-order valence-electron chi connectivity index (χ2n) is 4.78. The third kappa shape index (κ3) is 2.55. The first-order valence-electron chi connectivity index (χ1n) is 5.61. The molecule has 0 aliphatic carbocycles. The lowest BCUT2D eigenvalue weighted by atomic mass is 10.1. The largest absolute Gasteiger partial charge is 0.368 e. The summed E-state index contributed by atoms with van der Waals surface area (Å²) in [7, 11) is 0. The van der Waals surface area contributed by atoms with Crippen molar-refractivity contribution in [2.75, 3.05) is 23.7 Å². The van der Waals surface area contributed by atoms with Gasteiger partial charge in [0.05, 0.1) is 5.69 Å². The number of rotatable bonds is 1. The average molecular weight is 250 g/mol. The fourth-order valence-corrected chi connectivity index (χ4v) is 3.22. The van der Waals surface area contributed by atoms with Gasteiger partial charge in [0, 0.05) is 23.6 Å². The van der Waals surface area contributed by atoms with Gasteiger partial charge in [0.15, 0.2) is 0 Å². The highest BCUT2D eigenvalue weighted by atomic mass is 32.2. The van der Waals surface area contributed by atoms with E-state index in [2.05, 4.69) is 18.7 Å². The van der Waals surface area contributed by atoms with Gasteiger partial charge in [-0.05, 0) is 26.0 Å². The van der Waals surface area contributed by atoms with E-state index in [-0.39, 0.29) is 10.3 Å². The molecule has 1 heterocycles. The zero-order chi connectivity index (χ0) is 12.5. The van der Waals surface area contributed by atoms with E-state index in [0.717, 1.165) is 24.5 Å². The molecule has 0 bridgehead atoms. The molecule has 2 nitrogen and oxygen atoms in total. The Balaban J connectivity index is 2.35. The van der Waals surface area contributed by atoms with E-state index in [9.17, 15) is 4.39 Å². The van der Waals surface area contributed by atoms with E-state index in [4.69, 9.17) is 5.26 Å². The summed E-state index contributed by atoms with van der Waals surface area (Å²) in [4.78, 5) is 2.11. The van der Waals surface area contributed by atoms with E-state index in [1.807, 2.05) is 23.9 Å². The van der Waals surface area contributed by atoms with Crippen LogP contribution >= 0.6 is 11.8 Å². The first-order chi connectivity index (χ1) is 8.03. The summed E-state index contributed by atoms with van der Waals surface area (Å²) >= 11 is 1.92. The van der Waals surface area contributed by atoms with Crippen molar-refractivity contribution >= 4 is 17.4 Å². The van der Waals surface area contributed by atoms with Crippen molar-refractivity contribution in [2.24, 2.45) is 0 Å². The molecule has 1 aromatic carbocycles. The fraction of sp³-hybridized carbons (Fsp3) is 0.462. The Morgan fingerprint density at radius 1 is 1.47 bits per heavy atom. The van der Waals surface area contributed by atoms with Crippen LogP contribution in [0, 0.1) is 17.1 Å². The standard InChI is InChI=1S/C13H15FN2S/c1-13(2)9-16(6-7-17-13)12-5-3-4-11(14)10(12)8-15/h3-5H,6-7,9H2,1-2H3.